The van der Waals surface area contributed by atoms with Crippen molar-refractivity contribution in [3.05, 3.63) is 64.2 Å². The highest BCUT2D eigenvalue weighted by atomic mass is 16.6. The summed E-state index contributed by atoms with van der Waals surface area (Å²) in [6, 6.07) is 13.0. The van der Waals surface area contributed by atoms with Gasteiger partial charge in [-0.3, -0.25) is 0 Å². The quantitative estimate of drug-likeness (QED) is 0.483. The van der Waals surface area contributed by atoms with Gasteiger partial charge in [0.1, 0.15) is 0 Å². The molecule has 1 unspecified atom stereocenters. The van der Waals surface area contributed by atoms with Crippen molar-refractivity contribution in [1.82, 2.24) is 4.90 Å². The maximum absolute atomic E-state index is 5.89. The standard InChI is InChI=1S/C24H29N3O/c1-5-27(4)15-25-22-13-16(2)21(12-17(22)3)24-14-23(26-28-24)20-9-7-6-8-19(20)18-10-11-18/h6-9,12-13,15,18,24H,5,10-11,14H2,1-4H3. The van der Waals surface area contributed by atoms with E-state index in [1.54, 1.807) is 0 Å². The van der Waals surface area contributed by atoms with E-state index in [-0.39, 0.29) is 6.10 Å². The SMILES string of the molecule is CCN(C)C=Nc1cc(C)c(C2CC(c3ccccc3C3CC3)=NO2)cc1C. The number of hydrogen-bond acceptors (Lipinski definition) is 3. The number of rotatable bonds is 6. The molecular weight excluding hydrogens is 346 g/mol. The maximum Gasteiger partial charge on any atom is 0.158 e. The van der Waals surface area contributed by atoms with Crippen molar-refractivity contribution in [3.63, 3.8) is 0 Å². The fourth-order valence-corrected chi connectivity index (χ4v) is 3.77. The summed E-state index contributed by atoms with van der Waals surface area (Å²) in [6.07, 6.45) is 5.29. The molecule has 146 valence electrons. The molecular formula is C24H29N3O. The summed E-state index contributed by atoms with van der Waals surface area (Å²) >= 11 is 0. The zero-order chi connectivity index (χ0) is 19.7. The van der Waals surface area contributed by atoms with Gasteiger partial charge in [-0.05, 0) is 73.9 Å². The second-order valence-corrected chi connectivity index (χ2v) is 8.01. The van der Waals surface area contributed by atoms with E-state index in [2.05, 4.69) is 72.2 Å². The number of benzene rings is 2. The highest BCUT2D eigenvalue weighted by Crippen LogP contribution is 2.43. The second-order valence-electron chi connectivity index (χ2n) is 8.01. The van der Waals surface area contributed by atoms with E-state index in [0.717, 1.165) is 29.9 Å². The maximum atomic E-state index is 5.89. The Balaban J connectivity index is 1.54. The number of hydrogen-bond donors (Lipinski definition) is 0. The third-order valence-corrected chi connectivity index (χ3v) is 5.78. The van der Waals surface area contributed by atoms with Crippen LogP contribution in [0.3, 0.4) is 0 Å². The molecule has 0 N–H and O–H groups in total. The van der Waals surface area contributed by atoms with Crippen LogP contribution in [-0.2, 0) is 4.84 Å². The first-order valence-electron chi connectivity index (χ1n) is 10.2. The first-order chi connectivity index (χ1) is 13.6. The van der Waals surface area contributed by atoms with Crippen LogP contribution in [0.25, 0.3) is 0 Å². The van der Waals surface area contributed by atoms with Crippen LogP contribution >= 0.6 is 0 Å². The van der Waals surface area contributed by atoms with Gasteiger partial charge in [-0.15, -0.1) is 0 Å². The Kier molecular flexibility index (Phi) is 5.21. The summed E-state index contributed by atoms with van der Waals surface area (Å²) in [5.41, 5.74) is 8.37. The first kappa shape index (κ1) is 18.7. The molecule has 4 heteroatoms. The van der Waals surface area contributed by atoms with E-state index in [4.69, 9.17) is 4.84 Å². The van der Waals surface area contributed by atoms with Crippen LogP contribution in [0.5, 0.6) is 0 Å². The molecule has 2 aliphatic rings. The Morgan fingerprint density at radius 3 is 2.68 bits per heavy atom. The van der Waals surface area contributed by atoms with Crippen molar-refractivity contribution in [3.8, 4) is 0 Å². The van der Waals surface area contributed by atoms with Crippen LogP contribution in [0, 0.1) is 13.8 Å². The lowest BCUT2D eigenvalue weighted by Gasteiger charge is -2.15. The molecule has 0 bridgehead atoms. The number of oxime groups is 1. The topological polar surface area (TPSA) is 37.2 Å². The number of aliphatic imine (C=N–C) groups is 1. The Morgan fingerprint density at radius 2 is 1.93 bits per heavy atom. The number of aryl methyl sites for hydroxylation is 2. The Morgan fingerprint density at radius 1 is 1.14 bits per heavy atom. The molecule has 1 aliphatic heterocycles. The van der Waals surface area contributed by atoms with Crippen molar-refractivity contribution < 1.29 is 4.84 Å². The van der Waals surface area contributed by atoms with Gasteiger partial charge < -0.3 is 9.74 Å². The lowest BCUT2D eigenvalue weighted by atomic mass is 9.92. The van der Waals surface area contributed by atoms with E-state index < -0.39 is 0 Å². The molecule has 0 spiro atoms. The van der Waals surface area contributed by atoms with E-state index in [0.29, 0.717) is 5.92 Å². The van der Waals surface area contributed by atoms with Crippen molar-refractivity contribution in [1.29, 1.82) is 0 Å². The Labute approximate surface area is 167 Å². The van der Waals surface area contributed by atoms with Crippen LogP contribution < -0.4 is 0 Å². The lowest BCUT2D eigenvalue weighted by molar-refractivity contribution is 0.0852. The molecule has 1 heterocycles. The summed E-state index contributed by atoms with van der Waals surface area (Å²) < 4.78 is 0. The molecule has 2 aromatic rings. The van der Waals surface area contributed by atoms with Gasteiger partial charge in [0.15, 0.2) is 6.10 Å². The van der Waals surface area contributed by atoms with Crippen LogP contribution in [0.1, 0.15) is 66.0 Å². The third-order valence-electron chi connectivity index (χ3n) is 5.78. The molecule has 1 aliphatic carbocycles. The molecule has 1 atom stereocenters. The van der Waals surface area contributed by atoms with Gasteiger partial charge in [-0.1, -0.05) is 29.4 Å². The average Bonchev–Trinajstić information content (AvgIpc) is 3.45. The molecule has 0 aromatic heterocycles. The van der Waals surface area contributed by atoms with Gasteiger partial charge in [-0.25, -0.2) is 4.99 Å². The lowest BCUT2D eigenvalue weighted by Crippen LogP contribution is -2.14. The summed E-state index contributed by atoms with van der Waals surface area (Å²) in [5, 5.41) is 4.48. The molecule has 1 fully saturated rings. The van der Waals surface area contributed by atoms with Gasteiger partial charge in [-0.2, -0.15) is 0 Å². The summed E-state index contributed by atoms with van der Waals surface area (Å²) in [6.45, 7) is 7.30. The van der Waals surface area contributed by atoms with Gasteiger partial charge in [0.25, 0.3) is 0 Å². The van der Waals surface area contributed by atoms with Crippen LogP contribution in [0.15, 0.2) is 46.5 Å². The minimum absolute atomic E-state index is 0.0164. The van der Waals surface area contributed by atoms with E-state index in [1.807, 2.05) is 13.4 Å². The Hall–Kier alpha value is -2.62. The monoisotopic (exact) mass is 375 g/mol. The average molecular weight is 376 g/mol. The van der Waals surface area contributed by atoms with Gasteiger partial charge in [0.2, 0.25) is 0 Å². The van der Waals surface area contributed by atoms with Crippen molar-refractivity contribution >= 4 is 17.7 Å². The molecule has 2 aromatic carbocycles. The molecule has 4 rings (SSSR count). The van der Waals surface area contributed by atoms with Gasteiger partial charge >= 0.3 is 0 Å². The highest BCUT2D eigenvalue weighted by Gasteiger charge is 2.31. The van der Waals surface area contributed by atoms with Crippen LogP contribution in [0.2, 0.25) is 0 Å². The summed E-state index contributed by atoms with van der Waals surface area (Å²) in [5.74, 6) is 0.709. The number of nitrogens with zero attached hydrogens (tertiary/aromatic N) is 3. The zero-order valence-electron chi connectivity index (χ0n) is 17.3. The van der Waals surface area contributed by atoms with Gasteiger partial charge in [0, 0.05) is 25.6 Å². The minimum atomic E-state index is -0.0164. The van der Waals surface area contributed by atoms with Crippen LogP contribution in [-0.4, -0.2) is 30.5 Å². The van der Waals surface area contributed by atoms with Crippen molar-refractivity contribution in [2.24, 2.45) is 10.1 Å². The normalized spacial score (nSPS) is 19.0. The third kappa shape index (κ3) is 3.82. The zero-order valence-corrected chi connectivity index (χ0v) is 17.3. The highest BCUT2D eigenvalue weighted by molar-refractivity contribution is 6.02. The largest absolute Gasteiger partial charge is 0.387 e. The molecule has 1 saturated carbocycles. The fourth-order valence-electron chi connectivity index (χ4n) is 3.77. The molecule has 0 amide bonds. The predicted molar refractivity (Wildman–Crippen MR) is 116 cm³/mol. The summed E-state index contributed by atoms with van der Waals surface area (Å²) in [7, 11) is 2.03. The molecule has 28 heavy (non-hydrogen) atoms. The minimum Gasteiger partial charge on any atom is -0.387 e. The van der Waals surface area contributed by atoms with Gasteiger partial charge in [0.05, 0.1) is 17.7 Å². The van der Waals surface area contributed by atoms with Crippen molar-refractivity contribution in [2.75, 3.05) is 13.6 Å². The Bertz CT molecular complexity index is 927. The van der Waals surface area contributed by atoms with Crippen LogP contribution in [0.4, 0.5) is 5.69 Å². The van der Waals surface area contributed by atoms with Crippen molar-refractivity contribution in [2.45, 2.75) is 52.1 Å². The smallest absolute Gasteiger partial charge is 0.158 e. The molecule has 0 saturated heterocycles. The van der Waals surface area contributed by atoms with E-state index in [9.17, 15) is 0 Å². The molecule has 0 radical (unpaired) electrons. The summed E-state index contributed by atoms with van der Waals surface area (Å²) in [4.78, 5) is 12.6. The fraction of sp³-hybridized carbons (Fsp3) is 0.417. The second kappa shape index (κ2) is 7.78. The van der Waals surface area contributed by atoms with E-state index >= 15 is 0 Å². The molecule has 4 nitrogen and oxygen atoms in total. The predicted octanol–water partition coefficient (Wildman–Crippen LogP) is 5.66. The first-order valence-corrected chi connectivity index (χ1v) is 10.2. The van der Waals surface area contributed by atoms with E-state index in [1.165, 1.54) is 35.1 Å².